The van der Waals surface area contributed by atoms with E-state index in [1.54, 1.807) is 0 Å². The molecule has 0 aliphatic rings. The number of hydrogen-bond donors (Lipinski definition) is 2. The molecular weight excluding hydrogens is 154 g/mol. The van der Waals surface area contributed by atoms with Gasteiger partial charge < -0.3 is 10.4 Å². The Morgan fingerprint density at radius 3 is 2.42 bits per heavy atom. The van der Waals surface area contributed by atoms with E-state index in [1.807, 2.05) is 13.8 Å². The summed E-state index contributed by atoms with van der Waals surface area (Å²) in [5, 5.41) is 11.3. The fraction of sp³-hybridized carbons (Fsp3) is 0.889. The molecule has 0 aromatic carbocycles. The van der Waals surface area contributed by atoms with E-state index in [0.29, 0.717) is 13.0 Å². The van der Waals surface area contributed by atoms with Crippen LogP contribution in [0.25, 0.3) is 0 Å². The molecule has 0 spiro atoms. The third-order valence-electron chi connectivity index (χ3n) is 1.44. The molecule has 12 heavy (non-hydrogen) atoms. The first-order valence-electron chi connectivity index (χ1n) is 4.63. The van der Waals surface area contributed by atoms with Crippen LogP contribution in [0.5, 0.6) is 0 Å². The summed E-state index contributed by atoms with van der Waals surface area (Å²) in [4.78, 5) is 9.84. The number of rotatable bonds is 6. The van der Waals surface area contributed by atoms with E-state index < -0.39 is 0 Å². The Balaban J connectivity index is 0. The van der Waals surface area contributed by atoms with Crippen LogP contribution in [-0.2, 0) is 4.79 Å². The van der Waals surface area contributed by atoms with E-state index in [9.17, 15) is 4.79 Å². The zero-order valence-corrected chi connectivity index (χ0v) is 8.34. The Morgan fingerprint density at radius 2 is 2.08 bits per heavy atom. The highest BCUT2D eigenvalue weighted by Crippen LogP contribution is 2.02. The summed E-state index contributed by atoms with van der Waals surface area (Å²) >= 11 is 0. The SMILES string of the molecule is CC.CCCC(CO)CNC=O. The normalized spacial score (nSPS) is 11.0. The molecule has 1 unspecified atom stereocenters. The summed E-state index contributed by atoms with van der Waals surface area (Å²) < 4.78 is 0. The van der Waals surface area contributed by atoms with Crippen LogP contribution in [0.4, 0.5) is 0 Å². The topological polar surface area (TPSA) is 49.3 Å². The first kappa shape index (κ1) is 14.0. The Hall–Kier alpha value is -0.570. The maximum Gasteiger partial charge on any atom is 0.207 e. The van der Waals surface area contributed by atoms with Gasteiger partial charge in [0, 0.05) is 13.2 Å². The summed E-state index contributed by atoms with van der Waals surface area (Å²) in [6.07, 6.45) is 2.68. The van der Waals surface area contributed by atoms with Crippen LogP contribution in [0, 0.1) is 5.92 Å². The van der Waals surface area contributed by atoms with E-state index in [0.717, 1.165) is 12.8 Å². The van der Waals surface area contributed by atoms with Crippen LogP contribution in [-0.4, -0.2) is 24.7 Å². The minimum absolute atomic E-state index is 0.161. The Kier molecular flexibility index (Phi) is 15.2. The highest BCUT2D eigenvalue weighted by molar-refractivity contribution is 5.45. The lowest BCUT2D eigenvalue weighted by atomic mass is 10.1. The van der Waals surface area contributed by atoms with Gasteiger partial charge in [0.05, 0.1) is 0 Å². The molecule has 74 valence electrons. The van der Waals surface area contributed by atoms with E-state index in [2.05, 4.69) is 12.2 Å². The molecule has 3 heteroatoms. The Morgan fingerprint density at radius 1 is 1.50 bits per heavy atom. The van der Waals surface area contributed by atoms with Crippen LogP contribution < -0.4 is 5.32 Å². The minimum atomic E-state index is 0.161. The molecule has 0 bridgehead atoms. The lowest BCUT2D eigenvalue weighted by molar-refractivity contribution is -0.109. The quantitative estimate of drug-likeness (QED) is 0.595. The van der Waals surface area contributed by atoms with Gasteiger partial charge in [-0.25, -0.2) is 0 Å². The Labute approximate surface area is 75.2 Å². The van der Waals surface area contributed by atoms with Gasteiger partial charge in [0.1, 0.15) is 0 Å². The minimum Gasteiger partial charge on any atom is -0.396 e. The van der Waals surface area contributed by atoms with Crippen molar-refractivity contribution >= 4 is 6.41 Å². The van der Waals surface area contributed by atoms with Gasteiger partial charge in [-0.2, -0.15) is 0 Å². The molecule has 1 atom stereocenters. The molecule has 2 N–H and O–H groups in total. The number of nitrogens with one attached hydrogen (secondary N) is 1. The second-order valence-electron chi connectivity index (χ2n) is 2.36. The summed E-state index contributed by atoms with van der Waals surface area (Å²) in [7, 11) is 0. The van der Waals surface area contributed by atoms with Gasteiger partial charge in [0.25, 0.3) is 0 Å². The van der Waals surface area contributed by atoms with Crippen molar-refractivity contribution in [3.05, 3.63) is 0 Å². The molecule has 0 aromatic heterocycles. The number of carbonyl (C=O) groups excluding carboxylic acids is 1. The average molecular weight is 175 g/mol. The van der Waals surface area contributed by atoms with Crippen molar-refractivity contribution in [3.8, 4) is 0 Å². The van der Waals surface area contributed by atoms with Gasteiger partial charge in [-0.1, -0.05) is 27.2 Å². The van der Waals surface area contributed by atoms with Crippen LogP contribution >= 0.6 is 0 Å². The number of carbonyl (C=O) groups is 1. The molecule has 0 saturated heterocycles. The Bertz CT molecular complexity index is 86.6. The second kappa shape index (κ2) is 13.1. The van der Waals surface area contributed by atoms with Crippen LogP contribution in [0.1, 0.15) is 33.6 Å². The van der Waals surface area contributed by atoms with Crippen molar-refractivity contribution in [1.29, 1.82) is 0 Å². The molecule has 0 aliphatic carbocycles. The maximum atomic E-state index is 9.84. The fourth-order valence-electron chi connectivity index (χ4n) is 0.881. The van der Waals surface area contributed by atoms with E-state index in [-0.39, 0.29) is 12.5 Å². The van der Waals surface area contributed by atoms with Gasteiger partial charge in [-0.05, 0) is 12.3 Å². The number of amides is 1. The lowest BCUT2D eigenvalue weighted by Crippen LogP contribution is -2.23. The van der Waals surface area contributed by atoms with Crippen molar-refractivity contribution in [2.45, 2.75) is 33.6 Å². The fourth-order valence-corrected chi connectivity index (χ4v) is 0.881. The molecule has 0 heterocycles. The monoisotopic (exact) mass is 175 g/mol. The average Bonchev–Trinajstić information content (AvgIpc) is 2.15. The number of aliphatic hydroxyl groups excluding tert-OH is 1. The summed E-state index contributed by atoms with van der Waals surface area (Å²) in [6.45, 7) is 6.81. The highest BCUT2D eigenvalue weighted by Gasteiger charge is 2.03. The first-order chi connectivity index (χ1) is 5.85. The third-order valence-corrected chi connectivity index (χ3v) is 1.44. The second-order valence-corrected chi connectivity index (χ2v) is 2.36. The van der Waals surface area contributed by atoms with Gasteiger partial charge in [-0.3, -0.25) is 4.79 Å². The summed E-state index contributed by atoms with van der Waals surface area (Å²) in [6, 6.07) is 0. The maximum absolute atomic E-state index is 9.84. The molecule has 3 nitrogen and oxygen atoms in total. The molecule has 0 saturated carbocycles. The molecule has 0 radical (unpaired) electrons. The predicted octanol–water partition coefficient (Wildman–Crippen LogP) is 1.17. The van der Waals surface area contributed by atoms with Crippen molar-refractivity contribution in [1.82, 2.24) is 5.32 Å². The molecule has 0 aromatic rings. The molecular formula is C9H21NO2. The smallest absolute Gasteiger partial charge is 0.207 e. The standard InChI is InChI=1S/C7H15NO2.C2H6/c1-2-3-7(5-9)4-8-6-10;1-2/h6-7,9H,2-5H2,1H3,(H,8,10);1-2H3. The zero-order valence-electron chi connectivity index (χ0n) is 8.34. The molecule has 0 rings (SSSR count). The molecule has 0 aliphatic heterocycles. The predicted molar refractivity (Wildman–Crippen MR) is 50.9 cm³/mol. The van der Waals surface area contributed by atoms with Crippen molar-refractivity contribution in [2.24, 2.45) is 5.92 Å². The van der Waals surface area contributed by atoms with Gasteiger partial charge >= 0.3 is 0 Å². The zero-order chi connectivity index (χ0) is 9.82. The van der Waals surface area contributed by atoms with Gasteiger partial charge in [0.2, 0.25) is 6.41 Å². The van der Waals surface area contributed by atoms with Crippen LogP contribution in [0.15, 0.2) is 0 Å². The van der Waals surface area contributed by atoms with E-state index >= 15 is 0 Å². The summed E-state index contributed by atoms with van der Waals surface area (Å²) in [5.74, 6) is 0.232. The summed E-state index contributed by atoms with van der Waals surface area (Å²) in [5.41, 5.74) is 0. The van der Waals surface area contributed by atoms with Crippen molar-refractivity contribution in [3.63, 3.8) is 0 Å². The van der Waals surface area contributed by atoms with Gasteiger partial charge in [0.15, 0.2) is 0 Å². The highest BCUT2D eigenvalue weighted by atomic mass is 16.3. The number of hydrogen-bond acceptors (Lipinski definition) is 2. The number of aliphatic hydroxyl groups is 1. The molecule has 0 fully saturated rings. The van der Waals surface area contributed by atoms with Crippen LogP contribution in [0.2, 0.25) is 0 Å². The largest absolute Gasteiger partial charge is 0.396 e. The van der Waals surface area contributed by atoms with Crippen molar-refractivity contribution in [2.75, 3.05) is 13.2 Å². The van der Waals surface area contributed by atoms with Crippen LogP contribution in [0.3, 0.4) is 0 Å². The lowest BCUT2D eigenvalue weighted by Gasteiger charge is -2.10. The van der Waals surface area contributed by atoms with E-state index in [4.69, 9.17) is 5.11 Å². The van der Waals surface area contributed by atoms with Crippen molar-refractivity contribution < 1.29 is 9.90 Å². The molecule has 1 amide bonds. The van der Waals surface area contributed by atoms with E-state index in [1.165, 1.54) is 0 Å². The third kappa shape index (κ3) is 9.43. The van der Waals surface area contributed by atoms with Gasteiger partial charge in [-0.15, -0.1) is 0 Å². The first-order valence-corrected chi connectivity index (χ1v) is 4.63.